The number of anilines is 2. The highest BCUT2D eigenvalue weighted by atomic mass is 16.5. The number of rotatable bonds is 7. The molecule has 0 bridgehead atoms. The van der Waals surface area contributed by atoms with Crippen LogP contribution in [0, 0.1) is 6.92 Å². The van der Waals surface area contributed by atoms with Crippen LogP contribution in [0.4, 0.5) is 11.5 Å². The zero-order valence-electron chi connectivity index (χ0n) is 18.9. The molecule has 1 heterocycles. The minimum absolute atomic E-state index is 0.156. The van der Waals surface area contributed by atoms with Gasteiger partial charge >= 0.3 is 0 Å². The zero-order chi connectivity index (χ0) is 23.2. The van der Waals surface area contributed by atoms with Gasteiger partial charge in [-0.1, -0.05) is 48.0 Å². The van der Waals surface area contributed by atoms with Gasteiger partial charge in [0.25, 0.3) is 5.91 Å². The quantitative estimate of drug-likeness (QED) is 0.387. The Morgan fingerprint density at radius 2 is 1.73 bits per heavy atom. The lowest BCUT2D eigenvalue weighted by molar-refractivity contribution is 0.0940. The summed E-state index contributed by atoms with van der Waals surface area (Å²) in [4.78, 5) is 21.6. The van der Waals surface area contributed by atoms with E-state index in [1.165, 1.54) is 11.9 Å². The standard InChI is InChI=1S/C27H26N4O2/c1-18-10-12-20(13-11-18)25-16-26(29-17-28-25)31-23-8-4-7-22(14-23)27(32)30-19(2)21-6-5-9-24(15-21)33-3/h4-17,19H,1-3H3,(H,30,32)(H,28,29,31). The van der Waals surface area contributed by atoms with Crippen LogP contribution in [0.15, 0.2) is 85.2 Å². The summed E-state index contributed by atoms with van der Waals surface area (Å²) in [6.07, 6.45) is 1.53. The summed E-state index contributed by atoms with van der Waals surface area (Å²) in [5.74, 6) is 1.26. The number of aromatic nitrogens is 2. The van der Waals surface area contributed by atoms with Gasteiger partial charge in [0.15, 0.2) is 0 Å². The van der Waals surface area contributed by atoms with Gasteiger partial charge in [-0.25, -0.2) is 9.97 Å². The molecule has 6 heteroatoms. The summed E-state index contributed by atoms with van der Waals surface area (Å²) in [5.41, 5.74) is 5.34. The first-order valence-corrected chi connectivity index (χ1v) is 10.7. The first-order valence-electron chi connectivity index (χ1n) is 10.7. The van der Waals surface area contributed by atoms with E-state index in [4.69, 9.17) is 4.74 Å². The molecule has 0 aliphatic rings. The van der Waals surface area contributed by atoms with Crippen molar-refractivity contribution >= 4 is 17.4 Å². The number of benzene rings is 3. The van der Waals surface area contributed by atoms with Crippen molar-refractivity contribution < 1.29 is 9.53 Å². The Hall–Kier alpha value is -4.19. The molecule has 1 aromatic heterocycles. The Kier molecular flexibility index (Phi) is 6.64. The third-order valence-corrected chi connectivity index (χ3v) is 5.35. The molecule has 1 amide bonds. The van der Waals surface area contributed by atoms with Crippen LogP contribution < -0.4 is 15.4 Å². The van der Waals surface area contributed by atoms with Crippen molar-refractivity contribution in [3.8, 4) is 17.0 Å². The van der Waals surface area contributed by atoms with E-state index < -0.39 is 0 Å². The van der Waals surface area contributed by atoms with Crippen molar-refractivity contribution in [1.82, 2.24) is 15.3 Å². The average molecular weight is 439 g/mol. The van der Waals surface area contributed by atoms with Gasteiger partial charge in [-0.3, -0.25) is 4.79 Å². The van der Waals surface area contributed by atoms with Crippen LogP contribution in [0.3, 0.4) is 0 Å². The molecule has 4 rings (SSSR count). The predicted octanol–water partition coefficient (Wildman–Crippen LogP) is 5.70. The number of nitrogens with zero attached hydrogens (tertiary/aromatic N) is 2. The third kappa shape index (κ3) is 5.54. The second kappa shape index (κ2) is 9.96. The second-order valence-corrected chi connectivity index (χ2v) is 7.83. The molecule has 0 aliphatic heterocycles. The van der Waals surface area contributed by atoms with Crippen molar-refractivity contribution in [2.45, 2.75) is 19.9 Å². The Labute approximate surface area is 193 Å². The van der Waals surface area contributed by atoms with Gasteiger partial charge < -0.3 is 15.4 Å². The molecule has 166 valence electrons. The molecule has 2 N–H and O–H groups in total. The SMILES string of the molecule is COc1cccc(C(C)NC(=O)c2cccc(Nc3cc(-c4ccc(C)cc4)ncn3)c2)c1. The van der Waals surface area contributed by atoms with Crippen LogP contribution in [0.1, 0.15) is 34.5 Å². The maximum atomic E-state index is 12.9. The number of methoxy groups -OCH3 is 1. The molecule has 0 radical (unpaired) electrons. The number of carbonyl (C=O) groups is 1. The minimum atomic E-state index is -0.164. The Morgan fingerprint density at radius 1 is 0.939 bits per heavy atom. The minimum Gasteiger partial charge on any atom is -0.497 e. The first-order chi connectivity index (χ1) is 16.0. The molecule has 0 aliphatic carbocycles. The normalized spacial score (nSPS) is 11.5. The number of nitrogens with one attached hydrogen (secondary N) is 2. The van der Waals surface area contributed by atoms with Crippen LogP contribution >= 0.6 is 0 Å². The molecule has 6 nitrogen and oxygen atoms in total. The molecule has 33 heavy (non-hydrogen) atoms. The van der Waals surface area contributed by atoms with E-state index in [0.717, 1.165) is 28.3 Å². The topological polar surface area (TPSA) is 76.1 Å². The summed E-state index contributed by atoms with van der Waals surface area (Å²) < 4.78 is 5.28. The fourth-order valence-corrected chi connectivity index (χ4v) is 3.47. The lowest BCUT2D eigenvalue weighted by Gasteiger charge is -2.16. The maximum Gasteiger partial charge on any atom is 0.251 e. The van der Waals surface area contributed by atoms with Crippen molar-refractivity contribution in [2.24, 2.45) is 0 Å². The lowest BCUT2D eigenvalue weighted by atomic mass is 10.1. The largest absolute Gasteiger partial charge is 0.497 e. The average Bonchev–Trinajstić information content (AvgIpc) is 2.85. The van der Waals surface area contributed by atoms with Crippen LogP contribution in [0.25, 0.3) is 11.3 Å². The summed E-state index contributed by atoms with van der Waals surface area (Å²) >= 11 is 0. The first kappa shape index (κ1) is 22.0. The van der Waals surface area contributed by atoms with E-state index in [0.29, 0.717) is 11.4 Å². The molecule has 0 saturated heterocycles. The monoisotopic (exact) mass is 438 g/mol. The third-order valence-electron chi connectivity index (χ3n) is 5.35. The van der Waals surface area contributed by atoms with E-state index in [1.54, 1.807) is 19.2 Å². The summed E-state index contributed by atoms with van der Waals surface area (Å²) in [6, 6.07) is 24.9. The van der Waals surface area contributed by atoms with Gasteiger partial charge in [0.1, 0.15) is 17.9 Å². The molecule has 3 aromatic carbocycles. The highest BCUT2D eigenvalue weighted by Crippen LogP contribution is 2.23. The molecular weight excluding hydrogens is 412 g/mol. The molecule has 1 unspecified atom stereocenters. The Bertz CT molecular complexity index is 1250. The number of hydrogen-bond donors (Lipinski definition) is 2. The van der Waals surface area contributed by atoms with E-state index in [2.05, 4.69) is 39.7 Å². The maximum absolute atomic E-state index is 12.9. The van der Waals surface area contributed by atoms with Crippen molar-refractivity contribution in [3.05, 3.63) is 102 Å². The fraction of sp³-hybridized carbons (Fsp3) is 0.148. The van der Waals surface area contributed by atoms with Crippen molar-refractivity contribution in [1.29, 1.82) is 0 Å². The summed E-state index contributed by atoms with van der Waals surface area (Å²) in [6.45, 7) is 4.00. The number of hydrogen-bond acceptors (Lipinski definition) is 5. The zero-order valence-corrected chi connectivity index (χ0v) is 18.9. The van der Waals surface area contributed by atoms with Crippen LogP contribution in [-0.2, 0) is 0 Å². The summed E-state index contributed by atoms with van der Waals surface area (Å²) in [7, 11) is 1.63. The number of amides is 1. The van der Waals surface area contributed by atoms with Gasteiger partial charge in [0.05, 0.1) is 18.8 Å². The molecule has 4 aromatic rings. The molecule has 0 saturated carbocycles. The van der Waals surface area contributed by atoms with Crippen molar-refractivity contribution in [2.75, 3.05) is 12.4 Å². The van der Waals surface area contributed by atoms with Gasteiger partial charge in [0, 0.05) is 22.9 Å². The van der Waals surface area contributed by atoms with Crippen LogP contribution in [-0.4, -0.2) is 23.0 Å². The molecule has 1 atom stereocenters. The molecular formula is C27H26N4O2. The van der Waals surface area contributed by atoms with Gasteiger partial charge in [-0.15, -0.1) is 0 Å². The Balaban J connectivity index is 1.47. The van der Waals surface area contributed by atoms with E-state index in [-0.39, 0.29) is 11.9 Å². The van der Waals surface area contributed by atoms with Crippen LogP contribution in [0.2, 0.25) is 0 Å². The van der Waals surface area contributed by atoms with Gasteiger partial charge in [-0.05, 0) is 49.7 Å². The van der Waals surface area contributed by atoms with Crippen LogP contribution in [0.5, 0.6) is 5.75 Å². The number of aryl methyl sites for hydroxylation is 1. The van der Waals surface area contributed by atoms with Gasteiger partial charge in [0.2, 0.25) is 0 Å². The highest BCUT2D eigenvalue weighted by Gasteiger charge is 2.13. The van der Waals surface area contributed by atoms with E-state index in [9.17, 15) is 4.79 Å². The number of carbonyl (C=O) groups excluding carboxylic acids is 1. The lowest BCUT2D eigenvalue weighted by Crippen LogP contribution is -2.26. The second-order valence-electron chi connectivity index (χ2n) is 7.83. The molecule has 0 fully saturated rings. The molecule has 0 spiro atoms. The van der Waals surface area contributed by atoms with Crippen molar-refractivity contribution in [3.63, 3.8) is 0 Å². The smallest absolute Gasteiger partial charge is 0.251 e. The van der Waals surface area contributed by atoms with E-state index in [1.807, 2.05) is 61.5 Å². The highest BCUT2D eigenvalue weighted by molar-refractivity contribution is 5.95. The van der Waals surface area contributed by atoms with Gasteiger partial charge in [-0.2, -0.15) is 0 Å². The predicted molar refractivity (Wildman–Crippen MR) is 131 cm³/mol. The fourth-order valence-electron chi connectivity index (χ4n) is 3.47. The number of ether oxygens (including phenoxy) is 1. The van der Waals surface area contributed by atoms with E-state index >= 15 is 0 Å². The summed E-state index contributed by atoms with van der Waals surface area (Å²) in [5, 5.41) is 6.32. The Morgan fingerprint density at radius 3 is 2.52 bits per heavy atom.